The number of carbonyl (C=O) groups is 3. The molecule has 0 unspecified atom stereocenters. The van der Waals surface area contributed by atoms with Crippen molar-refractivity contribution in [3.8, 4) is 0 Å². The molecule has 2 N–H and O–H groups in total. The number of anilines is 1. The third-order valence-corrected chi connectivity index (χ3v) is 4.06. The van der Waals surface area contributed by atoms with Gasteiger partial charge in [0.2, 0.25) is 5.91 Å². The van der Waals surface area contributed by atoms with Crippen molar-refractivity contribution in [2.45, 2.75) is 20.3 Å². The van der Waals surface area contributed by atoms with Gasteiger partial charge in [0.25, 0.3) is 0 Å². The normalized spacial score (nSPS) is 10.3. The molecule has 0 saturated heterocycles. The molecule has 1 aromatic heterocycles. The largest absolute Gasteiger partial charge is 0.465 e. The van der Waals surface area contributed by atoms with Gasteiger partial charge >= 0.3 is 5.97 Å². The average molecular weight is 393 g/mol. The molecule has 7 heteroatoms. The van der Waals surface area contributed by atoms with Gasteiger partial charge in [-0.2, -0.15) is 0 Å². The Kier molecular flexibility index (Phi) is 5.56. The first-order valence-electron chi connectivity index (χ1n) is 7.19. The van der Waals surface area contributed by atoms with Gasteiger partial charge in [-0.05, 0) is 36.8 Å². The molecule has 0 saturated carbocycles. The SMILES string of the molecule is COC(=O)c1c(CC(=O)Nc2ccc(Br)cc2)[nH]c(C(C)=O)c1C. The maximum absolute atomic E-state index is 12.2. The zero-order valence-electron chi connectivity index (χ0n) is 13.5. The summed E-state index contributed by atoms with van der Waals surface area (Å²) in [5.74, 6) is -1.10. The Morgan fingerprint density at radius 1 is 1.21 bits per heavy atom. The maximum atomic E-state index is 12.2. The lowest BCUT2D eigenvalue weighted by atomic mass is 10.1. The zero-order valence-corrected chi connectivity index (χ0v) is 15.1. The van der Waals surface area contributed by atoms with E-state index in [-0.39, 0.29) is 23.7 Å². The van der Waals surface area contributed by atoms with Crippen molar-refractivity contribution in [2.75, 3.05) is 12.4 Å². The molecule has 0 bridgehead atoms. The molecule has 1 aromatic carbocycles. The number of hydrogen-bond acceptors (Lipinski definition) is 4. The summed E-state index contributed by atoms with van der Waals surface area (Å²) in [6.07, 6.45) is -0.0748. The molecular weight excluding hydrogens is 376 g/mol. The van der Waals surface area contributed by atoms with Gasteiger partial charge in [0.1, 0.15) is 0 Å². The van der Waals surface area contributed by atoms with E-state index in [9.17, 15) is 14.4 Å². The van der Waals surface area contributed by atoms with Crippen molar-refractivity contribution in [1.29, 1.82) is 0 Å². The second-order valence-electron chi connectivity index (χ2n) is 5.26. The number of ether oxygens (including phenoxy) is 1. The second kappa shape index (κ2) is 7.44. The van der Waals surface area contributed by atoms with Gasteiger partial charge in [0.05, 0.1) is 24.8 Å². The first-order valence-corrected chi connectivity index (χ1v) is 7.99. The van der Waals surface area contributed by atoms with E-state index in [0.29, 0.717) is 22.6 Å². The van der Waals surface area contributed by atoms with Gasteiger partial charge in [0.15, 0.2) is 5.78 Å². The number of halogens is 1. The Bertz CT molecular complexity index is 794. The van der Waals surface area contributed by atoms with Crippen LogP contribution in [-0.4, -0.2) is 29.8 Å². The Hall–Kier alpha value is -2.41. The molecule has 24 heavy (non-hydrogen) atoms. The number of benzene rings is 1. The van der Waals surface area contributed by atoms with E-state index in [1.54, 1.807) is 19.1 Å². The van der Waals surface area contributed by atoms with Gasteiger partial charge in [-0.25, -0.2) is 4.79 Å². The molecule has 0 atom stereocenters. The number of carbonyl (C=O) groups excluding carboxylic acids is 3. The van der Waals surface area contributed by atoms with E-state index in [1.165, 1.54) is 14.0 Å². The topological polar surface area (TPSA) is 88.3 Å². The van der Waals surface area contributed by atoms with Crippen LogP contribution in [-0.2, 0) is 16.0 Å². The molecule has 2 aromatic rings. The number of amides is 1. The van der Waals surface area contributed by atoms with Gasteiger partial charge < -0.3 is 15.0 Å². The lowest BCUT2D eigenvalue weighted by Gasteiger charge is -2.06. The van der Waals surface area contributed by atoms with Crippen LogP contribution < -0.4 is 5.32 Å². The van der Waals surface area contributed by atoms with E-state index in [0.717, 1.165) is 4.47 Å². The summed E-state index contributed by atoms with van der Waals surface area (Å²) < 4.78 is 5.66. The lowest BCUT2D eigenvalue weighted by Crippen LogP contribution is -2.17. The number of methoxy groups -OCH3 is 1. The number of aromatic amines is 1. The summed E-state index contributed by atoms with van der Waals surface area (Å²) in [6.45, 7) is 3.04. The van der Waals surface area contributed by atoms with Crippen LogP contribution in [0.3, 0.4) is 0 Å². The number of Topliss-reactive ketones (excluding diaryl/α,β-unsaturated/α-hetero) is 1. The molecule has 0 fully saturated rings. The molecule has 6 nitrogen and oxygen atoms in total. The number of hydrogen-bond donors (Lipinski definition) is 2. The number of esters is 1. The van der Waals surface area contributed by atoms with Crippen molar-refractivity contribution >= 4 is 39.3 Å². The molecule has 0 spiro atoms. The van der Waals surface area contributed by atoms with Crippen LogP contribution >= 0.6 is 15.9 Å². The third-order valence-electron chi connectivity index (χ3n) is 3.53. The first-order chi connectivity index (χ1) is 11.3. The molecule has 0 aliphatic carbocycles. The Balaban J connectivity index is 2.26. The van der Waals surface area contributed by atoms with Crippen LogP contribution in [0.4, 0.5) is 5.69 Å². The number of nitrogens with one attached hydrogen (secondary N) is 2. The highest BCUT2D eigenvalue weighted by Gasteiger charge is 2.24. The van der Waals surface area contributed by atoms with Gasteiger partial charge in [-0.3, -0.25) is 9.59 Å². The molecule has 0 aliphatic rings. The Morgan fingerprint density at radius 2 is 1.83 bits per heavy atom. The van der Waals surface area contributed by atoms with Gasteiger partial charge in [-0.15, -0.1) is 0 Å². The minimum Gasteiger partial charge on any atom is -0.465 e. The number of rotatable bonds is 5. The lowest BCUT2D eigenvalue weighted by molar-refractivity contribution is -0.115. The Labute approximate surface area is 147 Å². The van der Waals surface area contributed by atoms with E-state index in [2.05, 4.69) is 26.2 Å². The van der Waals surface area contributed by atoms with Crippen molar-refractivity contribution in [3.05, 3.63) is 51.3 Å². The summed E-state index contributed by atoms with van der Waals surface area (Å²) in [5.41, 5.74) is 2.02. The fourth-order valence-corrected chi connectivity index (χ4v) is 2.68. The molecule has 126 valence electrons. The van der Waals surface area contributed by atoms with Crippen LogP contribution in [0, 0.1) is 6.92 Å². The van der Waals surface area contributed by atoms with Gasteiger partial charge in [0, 0.05) is 22.8 Å². The predicted molar refractivity (Wildman–Crippen MR) is 93.3 cm³/mol. The van der Waals surface area contributed by atoms with Crippen LogP contribution in [0.1, 0.15) is 39.0 Å². The fourth-order valence-electron chi connectivity index (χ4n) is 2.42. The van der Waals surface area contributed by atoms with Crippen molar-refractivity contribution < 1.29 is 19.1 Å². The standard InChI is InChI=1S/C17H17BrN2O4/c1-9-15(17(23)24-3)13(20-16(9)10(2)21)8-14(22)19-12-6-4-11(18)5-7-12/h4-7,20H,8H2,1-3H3,(H,19,22). The minimum absolute atomic E-state index is 0.0748. The second-order valence-corrected chi connectivity index (χ2v) is 6.17. The molecule has 0 aliphatic heterocycles. The summed E-state index contributed by atoms with van der Waals surface area (Å²) in [7, 11) is 1.26. The van der Waals surface area contributed by atoms with Gasteiger partial charge in [-0.1, -0.05) is 15.9 Å². The van der Waals surface area contributed by atoms with Crippen LogP contribution in [0.2, 0.25) is 0 Å². The van der Waals surface area contributed by atoms with Crippen molar-refractivity contribution in [2.24, 2.45) is 0 Å². The highest BCUT2D eigenvalue weighted by atomic mass is 79.9. The van der Waals surface area contributed by atoms with Crippen LogP contribution in [0.25, 0.3) is 0 Å². The zero-order chi connectivity index (χ0) is 17.9. The van der Waals surface area contributed by atoms with E-state index in [4.69, 9.17) is 4.74 Å². The van der Waals surface area contributed by atoms with Crippen LogP contribution in [0.15, 0.2) is 28.7 Å². The monoisotopic (exact) mass is 392 g/mol. The molecule has 2 rings (SSSR count). The quantitative estimate of drug-likeness (QED) is 0.603. The summed E-state index contributed by atoms with van der Waals surface area (Å²) >= 11 is 3.32. The number of H-pyrrole nitrogens is 1. The van der Waals surface area contributed by atoms with Crippen molar-refractivity contribution in [1.82, 2.24) is 4.98 Å². The smallest absolute Gasteiger partial charge is 0.339 e. The molecule has 1 heterocycles. The highest BCUT2D eigenvalue weighted by Crippen LogP contribution is 2.21. The van der Waals surface area contributed by atoms with E-state index >= 15 is 0 Å². The predicted octanol–water partition coefficient (Wildman–Crippen LogP) is 3.26. The fraction of sp³-hybridized carbons (Fsp3) is 0.235. The minimum atomic E-state index is -0.581. The molecule has 1 amide bonds. The Morgan fingerprint density at radius 3 is 2.38 bits per heavy atom. The summed E-state index contributed by atoms with van der Waals surface area (Å²) in [4.78, 5) is 38.8. The molecular formula is C17H17BrN2O4. The highest BCUT2D eigenvalue weighted by molar-refractivity contribution is 9.10. The summed E-state index contributed by atoms with van der Waals surface area (Å²) in [6, 6.07) is 7.12. The number of aromatic nitrogens is 1. The van der Waals surface area contributed by atoms with E-state index < -0.39 is 5.97 Å². The maximum Gasteiger partial charge on any atom is 0.339 e. The van der Waals surface area contributed by atoms with Crippen LogP contribution in [0.5, 0.6) is 0 Å². The average Bonchev–Trinajstić information content (AvgIpc) is 2.85. The summed E-state index contributed by atoms with van der Waals surface area (Å²) in [5, 5.41) is 2.74. The third kappa shape index (κ3) is 3.91. The van der Waals surface area contributed by atoms with Crippen molar-refractivity contribution in [3.63, 3.8) is 0 Å². The number of ketones is 1. The van der Waals surface area contributed by atoms with E-state index in [1.807, 2.05) is 12.1 Å². The molecule has 0 radical (unpaired) electrons. The first kappa shape index (κ1) is 17.9.